The van der Waals surface area contributed by atoms with Crippen molar-refractivity contribution >= 4 is 17.8 Å². The minimum Gasteiger partial charge on any atom is -0.339 e. The zero-order valence-electron chi connectivity index (χ0n) is 13.2. The topological polar surface area (TPSA) is 78.5 Å². The van der Waals surface area contributed by atoms with Crippen molar-refractivity contribution in [2.75, 3.05) is 13.1 Å². The van der Waals surface area contributed by atoms with Crippen LogP contribution in [0.4, 0.5) is 4.79 Å². The van der Waals surface area contributed by atoms with Gasteiger partial charge in [0, 0.05) is 12.5 Å². The third-order valence-electron chi connectivity index (χ3n) is 5.53. The number of amides is 4. The second-order valence-corrected chi connectivity index (χ2v) is 6.99. The second-order valence-electron chi connectivity index (χ2n) is 6.99. The average Bonchev–Trinajstić information content (AvgIpc) is 3.19. The Morgan fingerprint density at radius 2 is 2.09 bits per heavy atom. The molecular formula is C16H25N3O3. The number of rotatable bonds is 4. The van der Waals surface area contributed by atoms with Crippen molar-refractivity contribution in [3.63, 3.8) is 0 Å². The Labute approximate surface area is 131 Å². The van der Waals surface area contributed by atoms with E-state index in [1.165, 1.54) is 25.7 Å². The highest BCUT2D eigenvalue weighted by atomic mass is 16.2. The largest absolute Gasteiger partial charge is 0.339 e. The monoisotopic (exact) mass is 307 g/mol. The van der Waals surface area contributed by atoms with E-state index >= 15 is 0 Å². The zero-order chi connectivity index (χ0) is 15.7. The molecule has 2 saturated heterocycles. The standard InChI is InChI=1S/C16H25N3O3/c1-2-12(9-11-5-3-4-6-11)13(20)19-8-7-16(10-19)14(21)17-15(22)18-16/h11-12H,2-10H2,1H3,(H2,17,18,21,22)/t12-,16-/m1/s1. The van der Waals surface area contributed by atoms with Crippen molar-refractivity contribution in [2.24, 2.45) is 11.8 Å². The molecule has 0 unspecified atom stereocenters. The fourth-order valence-corrected chi connectivity index (χ4v) is 4.16. The summed E-state index contributed by atoms with van der Waals surface area (Å²) in [6.45, 7) is 2.92. The molecule has 3 rings (SSSR count). The first-order valence-corrected chi connectivity index (χ1v) is 8.46. The van der Waals surface area contributed by atoms with Crippen LogP contribution in [0.5, 0.6) is 0 Å². The van der Waals surface area contributed by atoms with Crippen molar-refractivity contribution < 1.29 is 14.4 Å². The molecule has 1 aliphatic carbocycles. The number of urea groups is 1. The summed E-state index contributed by atoms with van der Waals surface area (Å²) in [5, 5.41) is 4.98. The molecule has 22 heavy (non-hydrogen) atoms. The van der Waals surface area contributed by atoms with Gasteiger partial charge in [0.2, 0.25) is 5.91 Å². The third-order valence-corrected chi connectivity index (χ3v) is 5.53. The molecule has 1 spiro atoms. The maximum atomic E-state index is 12.8. The molecule has 2 atom stereocenters. The van der Waals surface area contributed by atoms with Crippen LogP contribution in [0.1, 0.15) is 51.9 Å². The van der Waals surface area contributed by atoms with Gasteiger partial charge in [-0.15, -0.1) is 0 Å². The van der Waals surface area contributed by atoms with Crippen molar-refractivity contribution in [1.82, 2.24) is 15.5 Å². The minimum atomic E-state index is -0.890. The molecule has 2 aliphatic heterocycles. The molecule has 0 aromatic rings. The fourth-order valence-electron chi connectivity index (χ4n) is 4.16. The highest BCUT2D eigenvalue weighted by molar-refractivity contribution is 6.07. The summed E-state index contributed by atoms with van der Waals surface area (Å²) in [5.41, 5.74) is -0.890. The van der Waals surface area contributed by atoms with Crippen molar-refractivity contribution in [3.05, 3.63) is 0 Å². The van der Waals surface area contributed by atoms with Gasteiger partial charge in [0.15, 0.2) is 0 Å². The van der Waals surface area contributed by atoms with Crippen molar-refractivity contribution in [2.45, 2.75) is 57.4 Å². The molecule has 6 heteroatoms. The molecule has 0 aromatic carbocycles. The van der Waals surface area contributed by atoms with E-state index < -0.39 is 11.6 Å². The molecule has 4 amide bonds. The fraction of sp³-hybridized carbons (Fsp3) is 0.812. The number of hydrogen-bond donors (Lipinski definition) is 2. The van der Waals surface area contributed by atoms with E-state index in [1.807, 2.05) is 0 Å². The Morgan fingerprint density at radius 3 is 2.68 bits per heavy atom. The van der Waals surface area contributed by atoms with Gasteiger partial charge in [0.1, 0.15) is 5.54 Å². The second kappa shape index (κ2) is 5.89. The maximum absolute atomic E-state index is 12.8. The summed E-state index contributed by atoms with van der Waals surface area (Å²) in [7, 11) is 0. The zero-order valence-corrected chi connectivity index (χ0v) is 13.2. The molecular weight excluding hydrogens is 282 g/mol. The number of imide groups is 1. The number of hydrogen-bond acceptors (Lipinski definition) is 3. The molecule has 3 fully saturated rings. The van der Waals surface area contributed by atoms with E-state index in [0.717, 1.165) is 12.8 Å². The Bertz CT molecular complexity index is 487. The molecule has 0 aromatic heterocycles. The first kappa shape index (κ1) is 15.3. The van der Waals surface area contributed by atoms with Crippen LogP contribution in [0, 0.1) is 11.8 Å². The van der Waals surface area contributed by atoms with Gasteiger partial charge in [-0.3, -0.25) is 14.9 Å². The molecule has 3 aliphatic rings. The summed E-state index contributed by atoms with van der Waals surface area (Å²) in [4.78, 5) is 37.9. The molecule has 6 nitrogen and oxygen atoms in total. The van der Waals surface area contributed by atoms with E-state index in [4.69, 9.17) is 0 Å². The van der Waals surface area contributed by atoms with Gasteiger partial charge in [-0.25, -0.2) is 4.79 Å². The predicted molar refractivity (Wildman–Crippen MR) is 81.0 cm³/mol. The first-order chi connectivity index (χ1) is 10.5. The van der Waals surface area contributed by atoms with E-state index in [9.17, 15) is 14.4 Å². The van der Waals surface area contributed by atoms with Crippen LogP contribution < -0.4 is 10.6 Å². The normalized spacial score (nSPS) is 30.0. The van der Waals surface area contributed by atoms with Crippen LogP contribution in [0.25, 0.3) is 0 Å². The van der Waals surface area contributed by atoms with Crippen LogP contribution >= 0.6 is 0 Å². The Kier molecular flexibility index (Phi) is 4.10. The smallest absolute Gasteiger partial charge is 0.322 e. The summed E-state index contributed by atoms with van der Waals surface area (Å²) in [6.07, 6.45) is 7.38. The van der Waals surface area contributed by atoms with Crippen molar-refractivity contribution in [3.8, 4) is 0 Å². The van der Waals surface area contributed by atoms with E-state index in [0.29, 0.717) is 25.4 Å². The molecule has 122 valence electrons. The summed E-state index contributed by atoms with van der Waals surface area (Å²) < 4.78 is 0. The maximum Gasteiger partial charge on any atom is 0.322 e. The third kappa shape index (κ3) is 2.71. The number of nitrogens with zero attached hydrogens (tertiary/aromatic N) is 1. The van der Waals surface area contributed by atoms with Crippen LogP contribution in [0.3, 0.4) is 0 Å². The van der Waals surface area contributed by atoms with Gasteiger partial charge in [0.25, 0.3) is 5.91 Å². The van der Waals surface area contributed by atoms with Crippen LogP contribution in [0.15, 0.2) is 0 Å². The number of carbonyl (C=O) groups excluding carboxylic acids is 3. The van der Waals surface area contributed by atoms with Gasteiger partial charge in [-0.05, 0) is 25.2 Å². The Balaban J connectivity index is 1.62. The lowest BCUT2D eigenvalue weighted by molar-refractivity contribution is -0.135. The lowest BCUT2D eigenvalue weighted by atomic mass is 9.90. The summed E-state index contributed by atoms with van der Waals surface area (Å²) in [6, 6.07) is -0.447. The number of likely N-dealkylation sites (tertiary alicyclic amines) is 1. The van der Waals surface area contributed by atoms with Gasteiger partial charge in [-0.2, -0.15) is 0 Å². The van der Waals surface area contributed by atoms with Crippen LogP contribution in [-0.2, 0) is 9.59 Å². The quantitative estimate of drug-likeness (QED) is 0.771. The molecule has 0 radical (unpaired) electrons. The van der Waals surface area contributed by atoms with Crippen molar-refractivity contribution in [1.29, 1.82) is 0 Å². The highest BCUT2D eigenvalue weighted by Gasteiger charge is 2.52. The van der Waals surface area contributed by atoms with E-state index in [1.54, 1.807) is 4.90 Å². The summed E-state index contributed by atoms with van der Waals surface area (Å²) in [5.74, 6) is 0.593. The van der Waals surface area contributed by atoms with Gasteiger partial charge >= 0.3 is 6.03 Å². The molecule has 2 heterocycles. The van der Waals surface area contributed by atoms with Gasteiger partial charge in [0.05, 0.1) is 6.54 Å². The van der Waals surface area contributed by atoms with E-state index in [2.05, 4.69) is 17.6 Å². The van der Waals surface area contributed by atoms with Crippen LogP contribution in [-0.4, -0.2) is 41.4 Å². The molecule has 2 N–H and O–H groups in total. The molecule has 0 bridgehead atoms. The average molecular weight is 307 g/mol. The highest BCUT2D eigenvalue weighted by Crippen LogP contribution is 2.33. The first-order valence-electron chi connectivity index (χ1n) is 8.46. The SMILES string of the molecule is CC[C@H](CC1CCCC1)C(=O)N1CC[C@]2(C1)NC(=O)NC2=O. The van der Waals surface area contributed by atoms with Gasteiger partial charge < -0.3 is 10.2 Å². The Hall–Kier alpha value is -1.59. The Morgan fingerprint density at radius 1 is 1.36 bits per heavy atom. The lowest BCUT2D eigenvalue weighted by Gasteiger charge is -2.26. The number of nitrogens with one attached hydrogen (secondary N) is 2. The van der Waals surface area contributed by atoms with Gasteiger partial charge in [-0.1, -0.05) is 32.6 Å². The lowest BCUT2D eigenvalue weighted by Crippen LogP contribution is -2.50. The number of carbonyl (C=O) groups is 3. The van der Waals surface area contributed by atoms with Crippen LogP contribution in [0.2, 0.25) is 0 Å². The predicted octanol–water partition coefficient (Wildman–Crippen LogP) is 1.40. The molecule has 1 saturated carbocycles. The summed E-state index contributed by atoms with van der Waals surface area (Å²) >= 11 is 0. The minimum absolute atomic E-state index is 0.0541. The van der Waals surface area contributed by atoms with E-state index in [-0.39, 0.29) is 17.7 Å².